The number of benzene rings is 3. The van der Waals surface area contributed by atoms with E-state index in [4.69, 9.17) is 28.4 Å². The van der Waals surface area contributed by atoms with E-state index in [1.165, 1.54) is 5.56 Å². The van der Waals surface area contributed by atoms with Crippen LogP contribution >= 0.6 is 0 Å². The lowest BCUT2D eigenvalue weighted by Crippen LogP contribution is -2.41. The van der Waals surface area contributed by atoms with Crippen LogP contribution in [0.25, 0.3) is 0 Å². The van der Waals surface area contributed by atoms with Gasteiger partial charge in [-0.15, -0.1) is 0 Å². The van der Waals surface area contributed by atoms with Crippen LogP contribution in [0.4, 0.5) is 5.69 Å². The summed E-state index contributed by atoms with van der Waals surface area (Å²) < 4.78 is 34.3. The monoisotopic (exact) mass is 590 g/mol. The van der Waals surface area contributed by atoms with Gasteiger partial charge in [0.15, 0.2) is 6.61 Å². The Balaban J connectivity index is 1.12. The first-order chi connectivity index (χ1) is 21.1. The van der Waals surface area contributed by atoms with Crippen molar-refractivity contribution in [2.24, 2.45) is 0 Å². The van der Waals surface area contributed by atoms with Gasteiger partial charge in [-0.1, -0.05) is 24.3 Å². The van der Waals surface area contributed by atoms with Crippen LogP contribution in [0.1, 0.15) is 36.3 Å². The van der Waals surface area contributed by atoms with Gasteiger partial charge in [0.05, 0.1) is 38.7 Å². The summed E-state index contributed by atoms with van der Waals surface area (Å²) >= 11 is 0. The van der Waals surface area contributed by atoms with Crippen molar-refractivity contribution < 1.29 is 33.2 Å². The van der Waals surface area contributed by atoms with E-state index >= 15 is 0 Å². The highest BCUT2D eigenvalue weighted by Crippen LogP contribution is 2.34. The lowest BCUT2D eigenvalue weighted by Gasteiger charge is -2.33. The number of anilines is 1. The second-order valence-electron chi connectivity index (χ2n) is 10.7. The number of rotatable bonds is 15. The number of nitrogens with one attached hydrogen (secondary N) is 1. The summed E-state index contributed by atoms with van der Waals surface area (Å²) in [6, 6.07) is 21.9. The molecule has 1 saturated heterocycles. The fraction of sp³-hybridized carbons (Fsp3) is 0.441. The lowest BCUT2D eigenvalue weighted by atomic mass is 9.87. The quantitative estimate of drug-likeness (QED) is 0.249. The van der Waals surface area contributed by atoms with Gasteiger partial charge in [-0.25, -0.2) is 0 Å². The number of amides is 1. The average molecular weight is 591 g/mol. The summed E-state index contributed by atoms with van der Waals surface area (Å²) in [4.78, 5) is 14.4. The minimum atomic E-state index is -0.0350. The molecule has 5 rings (SSSR count). The normalized spacial score (nSPS) is 18.1. The summed E-state index contributed by atoms with van der Waals surface area (Å²) in [7, 11) is 3.32. The van der Waals surface area contributed by atoms with Gasteiger partial charge < -0.3 is 38.6 Å². The molecule has 2 aliphatic heterocycles. The highest BCUT2D eigenvalue weighted by Gasteiger charge is 2.28. The second kappa shape index (κ2) is 15.6. The van der Waals surface area contributed by atoms with Crippen LogP contribution < -0.4 is 29.2 Å². The summed E-state index contributed by atoms with van der Waals surface area (Å²) in [6.07, 6.45) is 2.56. The van der Waals surface area contributed by atoms with Crippen molar-refractivity contribution in [3.63, 3.8) is 0 Å². The molecular weight excluding hydrogens is 548 g/mol. The Morgan fingerprint density at radius 2 is 1.72 bits per heavy atom. The molecule has 1 amide bonds. The molecule has 3 aromatic rings. The third-order valence-electron chi connectivity index (χ3n) is 7.76. The maximum Gasteiger partial charge on any atom is 0.265 e. The van der Waals surface area contributed by atoms with Gasteiger partial charge in [0, 0.05) is 45.2 Å². The van der Waals surface area contributed by atoms with E-state index in [2.05, 4.69) is 17.4 Å². The van der Waals surface area contributed by atoms with Crippen LogP contribution in [0.2, 0.25) is 0 Å². The molecular formula is C34H42N2O7. The van der Waals surface area contributed by atoms with Crippen molar-refractivity contribution in [2.75, 3.05) is 65.2 Å². The molecule has 230 valence electrons. The molecule has 43 heavy (non-hydrogen) atoms. The first kappa shape index (κ1) is 30.7. The van der Waals surface area contributed by atoms with E-state index in [9.17, 15) is 4.79 Å². The zero-order chi connectivity index (χ0) is 29.9. The molecule has 9 nitrogen and oxygen atoms in total. The van der Waals surface area contributed by atoms with E-state index in [0.29, 0.717) is 33.0 Å². The molecule has 1 N–H and O–H groups in total. The molecule has 0 saturated carbocycles. The number of ether oxygens (including phenoxy) is 6. The van der Waals surface area contributed by atoms with E-state index in [1.807, 2.05) is 54.6 Å². The Morgan fingerprint density at radius 1 is 0.907 bits per heavy atom. The summed E-state index contributed by atoms with van der Waals surface area (Å²) in [6.45, 7) is 4.59. The predicted octanol–water partition coefficient (Wildman–Crippen LogP) is 4.97. The maximum atomic E-state index is 12.6. The molecule has 0 bridgehead atoms. The number of carbonyl (C=O) groups excluding carboxylic acids is 1. The molecule has 2 aliphatic rings. The summed E-state index contributed by atoms with van der Waals surface area (Å²) in [5, 5.41) is 3.48. The first-order valence-corrected chi connectivity index (χ1v) is 15.0. The van der Waals surface area contributed by atoms with E-state index in [1.54, 1.807) is 19.1 Å². The zero-order valence-electron chi connectivity index (χ0n) is 25.1. The summed E-state index contributed by atoms with van der Waals surface area (Å²) in [5.74, 6) is 3.38. The van der Waals surface area contributed by atoms with Crippen LogP contribution in [-0.2, 0) is 20.9 Å². The highest BCUT2D eigenvalue weighted by molar-refractivity contribution is 5.97. The number of hydrogen-bond donors (Lipinski definition) is 1. The van der Waals surface area contributed by atoms with Gasteiger partial charge in [-0.3, -0.25) is 4.79 Å². The number of carbonyl (C=O) groups is 1. The number of hydrogen-bond acceptors (Lipinski definition) is 8. The van der Waals surface area contributed by atoms with Crippen LogP contribution in [0.5, 0.6) is 23.0 Å². The second-order valence-corrected chi connectivity index (χ2v) is 10.7. The van der Waals surface area contributed by atoms with Gasteiger partial charge in [0.1, 0.15) is 23.0 Å². The lowest BCUT2D eigenvalue weighted by molar-refractivity contribution is -0.121. The predicted molar refractivity (Wildman–Crippen MR) is 165 cm³/mol. The van der Waals surface area contributed by atoms with Gasteiger partial charge in [-0.2, -0.15) is 0 Å². The number of methoxy groups -OCH3 is 2. The van der Waals surface area contributed by atoms with Crippen molar-refractivity contribution >= 4 is 11.6 Å². The van der Waals surface area contributed by atoms with Gasteiger partial charge in [0.2, 0.25) is 0 Å². The fourth-order valence-electron chi connectivity index (χ4n) is 5.48. The Hall–Kier alpha value is -3.79. The molecule has 0 spiro atoms. The van der Waals surface area contributed by atoms with Gasteiger partial charge >= 0.3 is 0 Å². The molecule has 1 fully saturated rings. The van der Waals surface area contributed by atoms with Crippen LogP contribution in [0, 0.1) is 0 Å². The Kier molecular flexibility index (Phi) is 11.1. The van der Waals surface area contributed by atoms with Gasteiger partial charge in [0.25, 0.3) is 5.91 Å². The minimum absolute atomic E-state index is 0.0287. The van der Waals surface area contributed by atoms with E-state index in [-0.39, 0.29) is 24.5 Å². The SMILES string of the molecule is COCCCN1C(=O)COc2ccc(COC3CNCCC3c3ccc(OCCCOc4cccc(OC)c4)cc3)cc21. The third kappa shape index (κ3) is 8.40. The van der Waals surface area contributed by atoms with Crippen LogP contribution in [-0.4, -0.2) is 72.3 Å². The molecule has 0 aromatic heterocycles. The molecule has 9 heteroatoms. The average Bonchev–Trinajstić information content (AvgIpc) is 3.05. The molecule has 3 aromatic carbocycles. The van der Waals surface area contributed by atoms with Gasteiger partial charge in [-0.05, 0) is 66.9 Å². The Labute approximate surface area is 254 Å². The topological polar surface area (TPSA) is 87.7 Å². The van der Waals surface area contributed by atoms with Crippen LogP contribution in [0.3, 0.4) is 0 Å². The number of piperidine rings is 1. The van der Waals surface area contributed by atoms with Crippen molar-refractivity contribution in [3.8, 4) is 23.0 Å². The van der Waals surface area contributed by atoms with Crippen molar-refractivity contribution in [3.05, 3.63) is 77.9 Å². The minimum Gasteiger partial charge on any atom is -0.497 e. The van der Waals surface area contributed by atoms with E-state index in [0.717, 1.165) is 66.6 Å². The zero-order valence-corrected chi connectivity index (χ0v) is 25.1. The molecule has 0 aliphatic carbocycles. The van der Waals surface area contributed by atoms with Crippen LogP contribution in [0.15, 0.2) is 66.7 Å². The smallest absolute Gasteiger partial charge is 0.265 e. The van der Waals surface area contributed by atoms with Crippen molar-refractivity contribution in [1.29, 1.82) is 0 Å². The number of fused-ring (bicyclic) bond motifs is 1. The largest absolute Gasteiger partial charge is 0.497 e. The first-order valence-electron chi connectivity index (χ1n) is 15.0. The highest BCUT2D eigenvalue weighted by atomic mass is 16.5. The fourth-order valence-corrected chi connectivity index (χ4v) is 5.48. The van der Waals surface area contributed by atoms with Crippen molar-refractivity contribution in [1.82, 2.24) is 5.32 Å². The third-order valence-corrected chi connectivity index (χ3v) is 7.76. The van der Waals surface area contributed by atoms with E-state index < -0.39 is 0 Å². The Morgan fingerprint density at radius 3 is 2.53 bits per heavy atom. The van der Waals surface area contributed by atoms with Crippen molar-refractivity contribution in [2.45, 2.75) is 37.9 Å². The molecule has 2 heterocycles. The maximum absolute atomic E-state index is 12.6. The molecule has 0 radical (unpaired) electrons. The number of nitrogens with zero attached hydrogens (tertiary/aromatic N) is 1. The summed E-state index contributed by atoms with van der Waals surface area (Å²) in [5.41, 5.74) is 3.06. The standard InChI is InChI=1S/C34H42N2O7/c1-38-17-4-16-36-31-20-25(8-13-32(31)43-24-34(36)37)23-42-33-22-35-15-14-30(33)26-9-11-27(12-10-26)40-18-5-19-41-29-7-3-6-28(21-29)39-2/h3,6-13,20-21,30,33,35H,4-5,14-19,22-24H2,1-2H3. The molecule has 2 atom stereocenters. The molecule has 2 unspecified atom stereocenters. The Bertz CT molecular complexity index is 1320.